The summed E-state index contributed by atoms with van der Waals surface area (Å²) in [4.78, 5) is 10.4. The minimum Gasteiger partial charge on any atom is -0.478 e. The lowest BCUT2D eigenvalue weighted by Crippen LogP contribution is -1.98. The smallest absolute Gasteiger partial charge is 0.335 e. The molecule has 0 atom stereocenters. The van der Waals surface area contributed by atoms with Crippen LogP contribution in [0.25, 0.3) is 0 Å². The maximum atomic E-state index is 12.9. The van der Waals surface area contributed by atoms with Gasteiger partial charge in [0.15, 0.2) is 0 Å². The van der Waals surface area contributed by atoms with Crippen molar-refractivity contribution in [3.8, 4) is 0 Å². The van der Waals surface area contributed by atoms with Gasteiger partial charge in [-0.15, -0.1) is 0 Å². The number of rotatable bonds is 2. The maximum absolute atomic E-state index is 12.9. The number of halogens is 1. The molecule has 4 heteroatoms. The van der Waals surface area contributed by atoms with Crippen molar-refractivity contribution in [2.45, 2.75) is 5.75 Å². The van der Waals surface area contributed by atoms with Gasteiger partial charge in [-0.25, -0.2) is 9.18 Å². The highest BCUT2D eigenvalue weighted by molar-refractivity contribution is 7.79. The highest BCUT2D eigenvalue weighted by Gasteiger charge is 2.06. The van der Waals surface area contributed by atoms with Crippen molar-refractivity contribution in [3.05, 3.63) is 35.1 Å². The Bertz CT molecular complexity index is 312. The van der Waals surface area contributed by atoms with E-state index in [1.54, 1.807) is 0 Å². The van der Waals surface area contributed by atoms with E-state index in [0.717, 1.165) is 6.07 Å². The molecule has 0 fully saturated rings. The molecule has 0 heterocycles. The number of benzene rings is 1. The van der Waals surface area contributed by atoms with Crippen molar-refractivity contribution in [1.82, 2.24) is 0 Å². The van der Waals surface area contributed by atoms with Crippen LogP contribution in [0.3, 0.4) is 0 Å². The van der Waals surface area contributed by atoms with Crippen molar-refractivity contribution < 1.29 is 14.3 Å². The van der Waals surface area contributed by atoms with E-state index in [1.165, 1.54) is 12.1 Å². The van der Waals surface area contributed by atoms with Gasteiger partial charge in [0.05, 0.1) is 5.56 Å². The summed E-state index contributed by atoms with van der Waals surface area (Å²) in [6.07, 6.45) is 0. The van der Waals surface area contributed by atoms with Crippen molar-refractivity contribution in [2.75, 3.05) is 0 Å². The molecule has 0 spiro atoms. The molecule has 0 bridgehead atoms. The summed E-state index contributed by atoms with van der Waals surface area (Å²) in [5.41, 5.74) is 0.362. The third kappa shape index (κ3) is 1.76. The zero-order chi connectivity index (χ0) is 9.14. The zero-order valence-electron chi connectivity index (χ0n) is 6.12. The van der Waals surface area contributed by atoms with Gasteiger partial charge in [0, 0.05) is 5.75 Å². The molecule has 0 aliphatic carbocycles. The second-order valence-corrected chi connectivity index (χ2v) is 2.59. The Kier molecular flexibility index (Phi) is 2.70. The van der Waals surface area contributed by atoms with Crippen molar-refractivity contribution >= 4 is 18.6 Å². The summed E-state index contributed by atoms with van der Waals surface area (Å²) in [5, 5.41) is 8.49. The summed E-state index contributed by atoms with van der Waals surface area (Å²) < 4.78 is 12.9. The van der Waals surface area contributed by atoms with Crippen LogP contribution in [0.4, 0.5) is 4.39 Å². The van der Waals surface area contributed by atoms with E-state index in [-0.39, 0.29) is 11.3 Å². The van der Waals surface area contributed by atoms with Crippen LogP contribution in [-0.4, -0.2) is 11.1 Å². The van der Waals surface area contributed by atoms with Gasteiger partial charge >= 0.3 is 5.97 Å². The van der Waals surface area contributed by atoms with Gasteiger partial charge in [-0.05, 0) is 17.7 Å². The van der Waals surface area contributed by atoms with Gasteiger partial charge < -0.3 is 5.11 Å². The van der Waals surface area contributed by atoms with Crippen LogP contribution in [-0.2, 0) is 5.75 Å². The van der Waals surface area contributed by atoms with Crippen LogP contribution >= 0.6 is 12.6 Å². The average molecular weight is 186 g/mol. The van der Waals surface area contributed by atoms with E-state index in [9.17, 15) is 9.18 Å². The quantitative estimate of drug-likeness (QED) is 0.693. The molecule has 1 N–H and O–H groups in total. The Morgan fingerprint density at radius 2 is 2.25 bits per heavy atom. The predicted molar refractivity (Wildman–Crippen MR) is 46.0 cm³/mol. The molecule has 1 rings (SSSR count). The second kappa shape index (κ2) is 3.58. The first kappa shape index (κ1) is 9.06. The summed E-state index contributed by atoms with van der Waals surface area (Å²) in [7, 11) is 0. The molecular weight excluding hydrogens is 179 g/mol. The fraction of sp³-hybridized carbons (Fsp3) is 0.125. The molecule has 0 aliphatic rings. The standard InChI is InChI=1S/C8H7FO2S/c9-7-3-5(8(10)11)1-2-6(7)4-12/h1-3,12H,4H2,(H,10,11). The number of thiol groups is 1. The van der Waals surface area contributed by atoms with Crippen LogP contribution in [0.5, 0.6) is 0 Å². The number of hydrogen-bond donors (Lipinski definition) is 2. The minimum absolute atomic E-state index is 0.0435. The molecule has 1 aromatic carbocycles. The van der Waals surface area contributed by atoms with Gasteiger partial charge in [0.2, 0.25) is 0 Å². The number of carboxylic acid groups (broad SMARTS) is 1. The molecule has 0 aromatic heterocycles. The van der Waals surface area contributed by atoms with Gasteiger partial charge in [0.25, 0.3) is 0 Å². The number of aromatic carboxylic acids is 1. The SMILES string of the molecule is O=C(O)c1ccc(CS)c(F)c1. The molecule has 0 saturated carbocycles. The Balaban J connectivity index is 3.10. The molecule has 0 saturated heterocycles. The van der Waals surface area contributed by atoms with E-state index in [0.29, 0.717) is 5.56 Å². The van der Waals surface area contributed by atoms with Crippen molar-refractivity contribution in [3.63, 3.8) is 0 Å². The van der Waals surface area contributed by atoms with Crippen molar-refractivity contribution in [2.24, 2.45) is 0 Å². The van der Waals surface area contributed by atoms with Crippen LogP contribution in [0.2, 0.25) is 0 Å². The van der Waals surface area contributed by atoms with Gasteiger partial charge in [-0.3, -0.25) is 0 Å². The third-order valence-corrected chi connectivity index (χ3v) is 1.81. The molecule has 0 amide bonds. The van der Waals surface area contributed by atoms with E-state index in [4.69, 9.17) is 5.11 Å². The number of carboxylic acids is 1. The van der Waals surface area contributed by atoms with Crippen LogP contribution in [0.1, 0.15) is 15.9 Å². The number of hydrogen-bond acceptors (Lipinski definition) is 2. The number of carbonyl (C=O) groups is 1. The van der Waals surface area contributed by atoms with Gasteiger partial charge in [-0.1, -0.05) is 6.07 Å². The minimum atomic E-state index is -1.13. The monoisotopic (exact) mass is 186 g/mol. The fourth-order valence-electron chi connectivity index (χ4n) is 0.809. The Labute approximate surface area is 74.4 Å². The molecule has 0 unspecified atom stereocenters. The Morgan fingerprint density at radius 3 is 2.67 bits per heavy atom. The normalized spacial score (nSPS) is 9.83. The van der Waals surface area contributed by atoms with E-state index in [1.807, 2.05) is 0 Å². The fourth-order valence-corrected chi connectivity index (χ4v) is 1.07. The third-order valence-electron chi connectivity index (χ3n) is 1.47. The highest BCUT2D eigenvalue weighted by atomic mass is 32.1. The summed E-state index contributed by atoms with van der Waals surface area (Å²) in [6, 6.07) is 3.77. The lowest BCUT2D eigenvalue weighted by atomic mass is 10.1. The summed E-state index contributed by atoms with van der Waals surface area (Å²) in [6.45, 7) is 0. The Hall–Kier alpha value is -1.03. The van der Waals surface area contributed by atoms with E-state index in [2.05, 4.69) is 12.6 Å². The van der Waals surface area contributed by atoms with Gasteiger partial charge in [0.1, 0.15) is 5.82 Å². The molecular formula is C8H7FO2S. The molecule has 0 aliphatic heterocycles. The summed E-state index contributed by atoms with van der Waals surface area (Å²) in [5.74, 6) is -1.38. The largest absolute Gasteiger partial charge is 0.478 e. The van der Waals surface area contributed by atoms with E-state index < -0.39 is 11.8 Å². The topological polar surface area (TPSA) is 37.3 Å². The molecule has 2 nitrogen and oxygen atoms in total. The molecule has 12 heavy (non-hydrogen) atoms. The van der Waals surface area contributed by atoms with Crippen LogP contribution in [0.15, 0.2) is 18.2 Å². The first-order valence-electron chi connectivity index (χ1n) is 3.27. The first-order valence-corrected chi connectivity index (χ1v) is 3.91. The first-order chi connectivity index (χ1) is 5.65. The van der Waals surface area contributed by atoms with Crippen LogP contribution in [0, 0.1) is 5.82 Å². The molecule has 1 aromatic rings. The maximum Gasteiger partial charge on any atom is 0.335 e. The molecule has 0 radical (unpaired) electrons. The lowest BCUT2D eigenvalue weighted by Gasteiger charge is -1.99. The lowest BCUT2D eigenvalue weighted by molar-refractivity contribution is 0.0696. The summed E-state index contributed by atoms with van der Waals surface area (Å²) >= 11 is 3.88. The predicted octanol–water partition coefficient (Wildman–Crippen LogP) is 1.95. The van der Waals surface area contributed by atoms with Crippen molar-refractivity contribution in [1.29, 1.82) is 0 Å². The molecule has 64 valence electrons. The van der Waals surface area contributed by atoms with Gasteiger partial charge in [-0.2, -0.15) is 12.6 Å². The van der Waals surface area contributed by atoms with Crippen LogP contribution < -0.4 is 0 Å². The average Bonchev–Trinajstić information content (AvgIpc) is 2.04. The second-order valence-electron chi connectivity index (χ2n) is 2.27. The Morgan fingerprint density at radius 1 is 1.58 bits per heavy atom. The zero-order valence-corrected chi connectivity index (χ0v) is 7.01. The highest BCUT2D eigenvalue weighted by Crippen LogP contribution is 2.12. The van der Waals surface area contributed by atoms with E-state index >= 15 is 0 Å².